The minimum atomic E-state index is -0.180. The lowest BCUT2D eigenvalue weighted by molar-refractivity contribution is -0.168. The third-order valence-electron chi connectivity index (χ3n) is 4.69. The molecule has 4 atom stereocenters. The van der Waals surface area contributed by atoms with Gasteiger partial charge in [-0.05, 0) is 26.7 Å². The second kappa shape index (κ2) is 11.4. The molecule has 1 fully saturated rings. The zero-order valence-electron chi connectivity index (χ0n) is 15.0. The van der Waals surface area contributed by atoms with E-state index in [2.05, 4.69) is 5.48 Å². The molecule has 0 aromatic rings. The fourth-order valence-corrected chi connectivity index (χ4v) is 3.16. The quantitative estimate of drug-likeness (QED) is 0.662. The minimum absolute atomic E-state index is 0.0533. The first-order chi connectivity index (χ1) is 10.6. The van der Waals surface area contributed by atoms with E-state index < -0.39 is 0 Å². The second-order valence-corrected chi connectivity index (χ2v) is 6.32. The molecule has 1 N–H and O–H groups in total. The number of nitrogens with one attached hydrogen (secondary N) is 1. The summed E-state index contributed by atoms with van der Waals surface area (Å²) in [6.07, 6.45) is 8.48. The molecule has 132 valence electrons. The van der Waals surface area contributed by atoms with E-state index in [9.17, 15) is 0 Å². The van der Waals surface area contributed by atoms with Crippen molar-refractivity contribution in [1.82, 2.24) is 5.48 Å². The van der Waals surface area contributed by atoms with E-state index in [0.29, 0.717) is 6.04 Å². The third kappa shape index (κ3) is 6.50. The summed E-state index contributed by atoms with van der Waals surface area (Å²) in [7, 11) is 5.05. The molecule has 0 radical (unpaired) electrons. The summed E-state index contributed by atoms with van der Waals surface area (Å²) < 4.78 is 16.5. The van der Waals surface area contributed by atoms with Gasteiger partial charge >= 0.3 is 0 Å². The molecule has 5 heteroatoms. The molecule has 0 aromatic heterocycles. The predicted molar refractivity (Wildman–Crippen MR) is 87.9 cm³/mol. The van der Waals surface area contributed by atoms with Crippen LogP contribution >= 0.6 is 0 Å². The van der Waals surface area contributed by atoms with Crippen molar-refractivity contribution in [1.29, 1.82) is 0 Å². The van der Waals surface area contributed by atoms with E-state index in [-0.39, 0.29) is 24.4 Å². The zero-order valence-corrected chi connectivity index (χ0v) is 15.0. The van der Waals surface area contributed by atoms with Gasteiger partial charge in [0.15, 0.2) is 0 Å². The van der Waals surface area contributed by atoms with E-state index in [4.69, 9.17) is 19.0 Å². The van der Waals surface area contributed by atoms with Crippen LogP contribution in [0.3, 0.4) is 0 Å². The van der Waals surface area contributed by atoms with Crippen molar-refractivity contribution in [3.05, 3.63) is 0 Å². The Morgan fingerprint density at radius 1 is 0.727 bits per heavy atom. The zero-order chi connectivity index (χ0) is 16.4. The molecule has 0 aliphatic heterocycles. The highest BCUT2D eigenvalue weighted by atomic mass is 16.7. The molecule has 0 heterocycles. The van der Waals surface area contributed by atoms with Gasteiger partial charge in [0, 0.05) is 27.4 Å². The van der Waals surface area contributed by atoms with Crippen LogP contribution in [0.25, 0.3) is 0 Å². The van der Waals surface area contributed by atoms with Gasteiger partial charge < -0.3 is 14.2 Å². The molecule has 0 bridgehead atoms. The number of hydrogen-bond acceptors (Lipinski definition) is 5. The third-order valence-corrected chi connectivity index (χ3v) is 4.69. The lowest BCUT2D eigenvalue weighted by Gasteiger charge is -2.33. The van der Waals surface area contributed by atoms with Crippen LogP contribution in [0.1, 0.15) is 58.8 Å². The van der Waals surface area contributed by atoms with Crippen molar-refractivity contribution in [2.45, 2.75) is 89.3 Å². The minimum Gasteiger partial charge on any atom is -0.379 e. The number of methoxy groups -OCH3 is 3. The van der Waals surface area contributed by atoms with Crippen LogP contribution in [-0.2, 0) is 19.0 Å². The van der Waals surface area contributed by atoms with Gasteiger partial charge in [0.25, 0.3) is 0 Å². The fourth-order valence-electron chi connectivity index (χ4n) is 3.16. The Balaban J connectivity index is 2.47. The molecule has 4 unspecified atom stereocenters. The average Bonchev–Trinajstić information content (AvgIpc) is 2.50. The maximum atomic E-state index is 5.90. The fraction of sp³-hybridized carbons (Fsp3) is 1.00. The molecule has 0 saturated heterocycles. The van der Waals surface area contributed by atoms with Gasteiger partial charge in [0.2, 0.25) is 0 Å². The topological polar surface area (TPSA) is 49.0 Å². The maximum absolute atomic E-state index is 5.90. The molecule has 0 aromatic carbocycles. The number of ether oxygens (including phenoxy) is 3. The first-order valence-corrected chi connectivity index (χ1v) is 8.63. The van der Waals surface area contributed by atoms with Crippen LogP contribution in [0, 0.1) is 0 Å². The molecule has 5 nitrogen and oxygen atoms in total. The molecule has 0 amide bonds. The summed E-state index contributed by atoms with van der Waals surface area (Å²) in [5.41, 5.74) is 3.26. The van der Waals surface area contributed by atoms with Gasteiger partial charge in [-0.1, -0.05) is 32.1 Å². The van der Waals surface area contributed by atoms with E-state index in [1.54, 1.807) is 21.3 Å². The van der Waals surface area contributed by atoms with Gasteiger partial charge in [-0.25, -0.2) is 0 Å². The van der Waals surface area contributed by atoms with E-state index in [1.165, 1.54) is 44.9 Å². The molecule has 22 heavy (non-hydrogen) atoms. The summed E-state index contributed by atoms with van der Waals surface area (Å²) in [6.45, 7) is 3.99. The van der Waals surface area contributed by atoms with Gasteiger partial charge in [0.1, 0.15) is 18.3 Å². The predicted octanol–water partition coefficient (Wildman–Crippen LogP) is 3.07. The number of hydroxylamine groups is 1. The van der Waals surface area contributed by atoms with Crippen LogP contribution in [0.5, 0.6) is 0 Å². The molecule has 0 spiro atoms. The number of rotatable bonds is 9. The monoisotopic (exact) mass is 317 g/mol. The molecule has 1 rings (SSSR count). The Labute approximate surface area is 136 Å². The molecule has 1 saturated carbocycles. The van der Waals surface area contributed by atoms with Gasteiger partial charge in [-0.2, -0.15) is 5.48 Å². The molecular formula is C17H35NO4. The van der Waals surface area contributed by atoms with Gasteiger partial charge in [0.05, 0.1) is 6.10 Å². The highest BCUT2D eigenvalue weighted by Gasteiger charge is 2.32. The highest BCUT2D eigenvalue weighted by molar-refractivity contribution is 4.81. The van der Waals surface area contributed by atoms with Crippen molar-refractivity contribution in [3.8, 4) is 0 Å². The summed E-state index contributed by atoms with van der Waals surface area (Å²) in [6, 6.07) is 0.445. The lowest BCUT2D eigenvalue weighted by atomic mass is 9.97. The smallest absolute Gasteiger partial charge is 0.114 e. The molecular weight excluding hydrogens is 282 g/mol. The first-order valence-electron chi connectivity index (χ1n) is 8.63. The standard InChI is InChI=1S/C17H35NO4/c1-13(19-3)16(20-4)17(21-5)14(2)22-18-15-11-9-7-6-8-10-12-15/h13-18H,6-12H2,1-5H3. The summed E-state index contributed by atoms with van der Waals surface area (Å²) >= 11 is 0. The Morgan fingerprint density at radius 2 is 1.23 bits per heavy atom. The van der Waals surface area contributed by atoms with Crippen molar-refractivity contribution >= 4 is 0 Å². The van der Waals surface area contributed by atoms with Crippen molar-refractivity contribution in [2.75, 3.05) is 21.3 Å². The van der Waals surface area contributed by atoms with Crippen molar-refractivity contribution < 1.29 is 19.0 Å². The van der Waals surface area contributed by atoms with Crippen LogP contribution < -0.4 is 5.48 Å². The van der Waals surface area contributed by atoms with Crippen molar-refractivity contribution in [3.63, 3.8) is 0 Å². The average molecular weight is 317 g/mol. The number of hydrogen-bond donors (Lipinski definition) is 1. The van der Waals surface area contributed by atoms with E-state index >= 15 is 0 Å². The van der Waals surface area contributed by atoms with Gasteiger partial charge in [-0.15, -0.1) is 0 Å². The summed E-state index contributed by atoms with van der Waals surface area (Å²) in [5, 5.41) is 0. The lowest BCUT2D eigenvalue weighted by Crippen LogP contribution is -2.48. The van der Waals surface area contributed by atoms with Crippen LogP contribution in [0.15, 0.2) is 0 Å². The Hall–Kier alpha value is -0.200. The Morgan fingerprint density at radius 3 is 1.73 bits per heavy atom. The SMILES string of the molecule is COC(C)C(OC)C(OC)C(C)ONC1CCCCCCC1. The van der Waals surface area contributed by atoms with E-state index in [1.807, 2.05) is 13.8 Å². The van der Waals surface area contributed by atoms with Crippen LogP contribution in [0.4, 0.5) is 0 Å². The van der Waals surface area contributed by atoms with Crippen LogP contribution in [0.2, 0.25) is 0 Å². The molecule has 1 aliphatic rings. The largest absolute Gasteiger partial charge is 0.379 e. The summed E-state index contributed by atoms with van der Waals surface area (Å²) in [5.74, 6) is 0. The highest BCUT2D eigenvalue weighted by Crippen LogP contribution is 2.19. The Kier molecular flexibility index (Phi) is 10.2. The normalized spacial score (nSPS) is 23.3. The first kappa shape index (κ1) is 19.8. The maximum Gasteiger partial charge on any atom is 0.114 e. The second-order valence-electron chi connectivity index (χ2n) is 6.32. The van der Waals surface area contributed by atoms with Gasteiger partial charge in [-0.3, -0.25) is 4.84 Å². The molecule has 1 aliphatic carbocycles. The Bertz CT molecular complexity index is 269. The van der Waals surface area contributed by atoms with E-state index in [0.717, 1.165) is 0 Å². The summed E-state index contributed by atoms with van der Waals surface area (Å²) in [4.78, 5) is 5.90. The van der Waals surface area contributed by atoms with Crippen molar-refractivity contribution in [2.24, 2.45) is 0 Å². The van der Waals surface area contributed by atoms with Crippen LogP contribution in [-0.4, -0.2) is 51.8 Å².